The minimum absolute atomic E-state index is 0.0752. The Hall–Kier alpha value is -3.03. The van der Waals surface area contributed by atoms with Crippen molar-refractivity contribution >= 4 is 23.2 Å². The first-order valence-corrected chi connectivity index (χ1v) is 12.7. The molecular formula is C27H28FN3O2S. The Morgan fingerprint density at radius 1 is 0.882 bits per heavy atom. The Bertz CT molecular complexity index is 1170. The molecule has 0 saturated carbocycles. The number of benzene rings is 2. The molecule has 2 aliphatic heterocycles. The number of hydrogen-bond acceptors (Lipinski definition) is 4. The maximum absolute atomic E-state index is 14.1. The quantitative estimate of drug-likeness (QED) is 0.566. The van der Waals surface area contributed by atoms with Crippen LogP contribution in [-0.4, -0.2) is 65.8 Å². The lowest BCUT2D eigenvalue weighted by atomic mass is 9.93. The van der Waals surface area contributed by atoms with E-state index in [4.69, 9.17) is 0 Å². The molecule has 0 spiro atoms. The van der Waals surface area contributed by atoms with Gasteiger partial charge in [-0.05, 0) is 47.5 Å². The van der Waals surface area contributed by atoms with Crippen LogP contribution in [0.2, 0.25) is 0 Å². The average molecular weight is 478 g/mol. The molecule has 7 heteroatoms. The molecule has 5 rings (SSSR count). The van der Waals surface area contributed by atoms with E-state index in [1.807, 2.05) is 23.1 Å². The molecule has 0 unspecified atom stereocenters. The van der Waals surface area contributed by atoms with Crippen molar-refractivity contribution in [2.45, 2.75) is 18.9 Å². The van der Waals surface area contributed by atoms with Crippen molar-refractivity contribution in [3.63, 3.8) is 0 Å². The molecule has 3 heterocycles. The zero-order chi connectivity index (χ0) is 23.5. The minimum atomic E-state index is -0.505. The lowest BCUT2D eigenvalue weighted by Crippen LogP contribution is -2.45. The first kappa shape index (κ1) is 22.7. The van der Waals surface area contributed by atoms with Crippen LogP contribution in [0.3, 0.4) is 0 Å². The van der Waals surface area contributed by atoms with E-state index in [2.05, 4.69) is 28.5 Å². The van der Waals surface area contributed by atoms with Gasteiger partial charge in [0.15, 0.2) is 0 Å². The second-order valence-corrected chi connectivity index (χ2v) is 9.84. The van der Waals surface area contributed by atoms with Gasteiger partial charge in [0.2, 0.25) is 5.91 Å². The van der Waals surface area contributed by atoms with Crippen LogP contribution in [0.1, 0.15) is 38.8 Å². The van der Waals surface area contributed by atoms with E-state index in [0.29, 0.717) is 39.1 Å². The molecule has 1 saturated heterocycles. The first-order chi connectivity index (χ1) is 16.6. The fraction of sp³-hybridized carbons (Fsp3) is 0.333. The number of carbonyl (C=O) groups excluding carboxylic acids is 2. The Morgan fingerprint density at radius 3 is 2.44 bits per heavy atom. The standard InChI is InChI=1S/C27H28FN3O2S/c28-23-10-5-4-9-21(23)27(33)30-14-6-13-29(16-17-30)25(32)19-31-15-11-24-22(12-18-34-24)26(31)20-7-2-1-3-8-20/h1-5,7-10,12,18,26H,6,11,13-17,19H2/t26-/m1/s1. The fourth-order valence-corrected chi connectivity index (χ4v) is 5.92. The van der Waals surface area contributed by atoms with Crippen LogP contribution in [0.5, 0.6) is 0 Å². The third-order valence-corrected chi connectivity index (χ3v) is 7.76. The minimum Gasteiger partial charge on any atom is -0.340 e. The van der Waals surface area contributed by atoms with E-state index < -0.39 is 5.82 Å². The molecule has 34 heavy (non-hydrogen) atoms. The van der Waals surface area contributed by atoms with E-state index in [9.17, 15) is 14.0 Å². The van der Waals surface area contributed by atoms with Gasteiger partial charge in [-0.15, -0.1) is 11.3 Å². The predicted molar refractivity (Wildman–Crippen MR) is 131 cm³/mol. The van der Waals surface area contributed by atoms with Gasteiger partial charge in [0.25, 0.3) is 5.91 Å². The van der Waals surface area contributed by atoms with Crippen LogP contribution < -0.4 is 0 Å². The number of amides is 2. The van der Waals surface area contributed by atoms with Crippen molar-refractivity contribution in [2.24, 2.45) is 0 Å². The summed E-state index contributed by atoms with van der Waals surface area (Å²) < 4.78 is 14.1. The van der Waals surface area contributed by atoms with Gasteiger partial charge >= 0.3 is 0 Å². The Kier molecular flexibility index (Phi) is 6.74. The summed E-state index contributed by atoms with van der Waals surface area (Å²) >= 11 is 1.79. The molecule has 2 aliphatic rings. The highest BCUT2D eigenvalue weighted by Gasteiger charge is 2.32. The second kappa shape index (κ2) is 10.1. The lowest BCUT2D eigenvalue weighted by molar-refractivity contribution is -0.132. The zero-order valence-corrected chi connectivity index (χ0v) is 19.8. The van der Waals surface area contributed by atoms with Crippen LogP contribution in [-0.2, 0) is 11.2 Å². The molecule has 1 fully saturated rings. The molecule has 1 atom stereocenters. The smallest absolute Gasteiger partial charge is 0.256 e. The summed E-state index contributed by atoms with van der Waals surface area (Å²) in [5.74, 6) is -0.730. The van der Waals surface area contributed by atoms with E-state index in [1.165, 1.54) is 28.1 Å². The maximum Gasteiger partial charge on any atom is 0.256 e. The van der Waals surface area contributed by atoms with Gasteiger partial charge in [-0.2, -0.15) is 0 Å². The summed E-state index contributed by atoms with van der Waals surface area (Å²) in [5, 5.41) is 2.14. The largest absolute Gasteiger partial charge is 0.340 e. The highest BCUT2D eigenvalue weighted by Crippen LogP contribution is 2.37. The molecule has 0 N–H and O–H groups in total. The van der Waals surface area contributed by atoms with Crippen molar-refractivity contribution in [2.75, 3.05) is 39.3 Å². The second-order valence-electron chi connectivity index (χ2n) is 8.84. The molecule has 176 valence electrons. The highest BCUT2D eigenvalue weighted by molar-refractivity contribution is 7.10. The van der Waals surface area contributed by atoms with Crippen LogP contribution in [0, 0.1) is 5.82 Å². The summed E-state index contributed by atoms with van der Waals surface area (Å²) in [4.78, 5) is 33.4. The monoisotopic (exact) mass is 477 g/mol. The third-order valence-electron chi connectivity index (χ3n) is 6.76. The predicted octanol–water partition coefficient (Wildman–Crippen LogP) is 4.21. The van der Waals surface area contributed by atoms with Gasteiger partial charge < -0.3 is 9.80 Å². The number of thiophene rings is 1. The average Bonchev–Trinajstić information content (AvgIpc) is 3.19. The van der Waals surface area contributed by atoms with Crippen molar-refractivity contribution < 1.29 is 14.0 Å². The normalized spacial score (nSPS) is 18.9. The van der Waals surface area contributed by atoms with E-state index in [0.717, 1.165) is 13.0 Å². The fourth-order valence-electron chi connectivity index (χ4n) is 5.01. The van der Waals surface area contributed by atoms with Crippen LogP contribution >= 0.6 is 11.3 Å². The van der Waals surface area contributed by atoms with Crippen LogP contribution in [0.25, 0.3) is 0 Å². The van der Waals surface area contributed by atoms with Crippen molar-refractivity contribution in [1.29, 1.82) is 0 Å². The lowest BCUT2D eigenvalue weighted by Gasteiger charge is -2.37. The zero-order valence-electron chi connectivity index (χ0n) is 19.0. The Morgan fingerprint density at radius 2 is 1.62 bits per heavy atom. The number of nitrogens with zero attached hydrogens (tertiary/aromatic N) is 3. The molecular weight excluding hydrogens is 449 g/mol. The van der Waals surface area contributed by atoms with Crippen LogP contribution in [0.15, 0.2) is 66.0 Å². The Balaban J connectivity index is 1.27. The molecule has 3 aromatic rings. The summed E-state index contributed by atoms with van der Waals surface area (Å²) in [6.45, 7) is 3.18. The molecule has 2 aromatic carbocycles. The molecule has 0 radical (unpaired) electrons. The number of hydrogen-bond donors (Lipinski definition) is 0. The van der Waals surface area contributed by atoms with Gasteiger partial charge in [0.1, 0.15) is 5.82 Å². The molecule has 5 nitrogen and oxygen atoms in total. The summed E-state index contributed by atoms with van der Waals surface area (Å²) in [5.41, 5.74) is 2.59. The van der Waals surface area contributed by atoms with Gasteiger partial charge in [-0.1, -0.05) is 42.5 Å². The van der Waals surface area contributed by atoms with Crippen molar-refractivity contribution in [3.05, 3.63) is 93.4 Å². The van der Waals surface area contributed by atoms with Gasteiger partial charge in [0.05, 0.1) is 18.2 Å². The summed E-state index contributed by atoms with van der Waals surface area (Å²) in [6, 6.07) is 18.7. The summed E-state index contributed by atoms with van der Waals surface area (Å²) in [7, 11) is 0. The van der Waals surface area contributed by atoms with Crippen molar-refractivity contribution in [1.82, 2.24) is 14.7 Å². The molecule has 2 amide bonds. The SMILES string of the molecule is O=C(CN1CCc2sccc2[C@H]1c1ccccc1)N1CCCN(C(=O)c2ccccc2F)CC1. The topological polar surface area (TPSA) is 43.9 Å². The number of rotatable bonds is 4. The number of carbonyl (C=O) groups is 2. The van der Waals surface area contributed by atoms with Gasteiger partial charge in [0, 0.05) is 37.6 Å². The van der Waals surface area contributed by atoms with Crippen molar-refractivity contribution in [3.8, 4) is 0 Å². The van der Waals surface area contributed by atoms with E-state index in [1.54, 1.807) is 28.4 Å². The molecule has 0 bridgehead atoms. The first-order valence-electron chi connectivity index (χ1n) is 11.8. The Labute approximate surface area is 203 Å². The molecule has 1 aromatic heterocycles. The third kappa shape index (κ3) is 4.63. The van der Waals surface area contributed by atoms with E-state index in [-0.39, 0.29) is 23.4 Å². The maximum atomic E-state index is 14.1. The van der Waals surface area contributed by atoms with E-state index >= 15 is 0 Å². The molecule has 0 aliphatic carbocycles. The van der Waals surface area contributed by atoms with Gasteiger partial charge in [-0.3, -0.25) is 14.5 Å². The highest BCUT2D eigenvalue weighted by atomic mass is 32.1. The van der Waals surface area contributed by atoms with Gasteiger partial charge in [-0.25, -0.2) is 4.39 Å². The van der Waals surface area contributed by atoms with Crippen LogP contribution in [0.4, 0.5) is 4.39 Å². The number of fused-ring (bicyclic) bond motifs is 1. The summed E-state index contributed by atoms with van der Waals surface area (Å²) in [6.07, 6.45) is 1.64. The number of halogens is 1.